The molecule has 1 aliphatic carbocycles. The van der Waals surface area contributed by atoms with Crippen molar-refractivity contribution in [1.82, 2.24) is 0 Å². The van der Waals surface area contributed by atoms with E-state index in [2.05, 4.69) is 0 Å². The molecule has 3 heteroatoms. The molecule has 0 spiro atoms. The summed E-state index contributed by atoms with van der Waals surface area (Å²) >= 11 is 0. The standard InChI is InChI=1S/C7H12N2O/c1-7(9)3-2-5(10)4-6(7)8/h2-4,6,10H,8-9H2,1H3. The molecule has 0 aromatic carbocycles. The van der Waals surface area contributed by atoms with Crippen LogP contribution < -0.4 is 11.5 Å². The molecule has 0 amide bonds. The summed E-state index contributed by atoms with van der Waals surface area (Å²) in [5, 5.41) is 8.95. The zero-order chi connectivity index (χ0) is 7.78. The Kier molecular flexibility index (Phi) is 1.54. The van der Waals surface area contributed by atoms with Gasteiger partial charge in [0.2, 0.25) is 0 Å². The minimum absolute atomic E-state index is 0.190. The van der Waals surface area contributed by atoms with Gasteiger partial charge in [0.05, 0.1) is 5.54 Å². The molecule has 0 fully saturated rings. The highest BCUT2D eigenvalue weighted by Crippen LogP contribution is 2.14. The minimum Gasteiger partial charge on any atom is -0.508 e. The Balaban J connectivity index is 2.84. The lowest BCUT2D eigenvalue weighted by atomic mass is 9.90. The lowest BCUT2D eigenvalue weighted by Crippen LogP contribution is -2.51. The zero-order valence-corrected chi connectivity index (χ0v) is 5.91. The molecule has 2 unspecified atom stereocenters. The first kappa shape index (κ1) is 7.31. The van der Waals surface area contributed by atoms with Gasteiger partial charge in [-0.15, -0.1) is 0 Å². The van der Waals surface area contributed by atoms with Crippen LogP contribution in [-0.2, 0) is 0 Å². The normalized spacial score (nSPS) is 39.5. The average Bonchev–Trinajstić information content (AvgIpc) is 1.81. The molecule has 0 aliphatic heterocycles. The second kappa shape index (κ2) is 2.11. The van der Waals surface area contributed by atoms with Gasteiger partial charge in [-0.25, -0.2) is 0 Å². The van der Waals surface area contributed by atoms with Gasteiger partial charge in [0, 0.05) is 6.04 Å². The molecule has 5 N–H and O–H groups in total. The number of hydrogen-bond donors (Lipinski definition) is 3. The first-order valence-electron chi connectivity index (χ1n) is 3.17. The molecule has 10 heavy (non-hydrogen) atoms. The predicted molar refractivity (Wildman–Crippen MR) is 40.4 cm³/mol. The Morgan fingerprint density at radius 2 is 2.30 bits per heavy atom. The number of aliphatic hydroxyl groups is 1. The van der Waals surface area contributed by atoms with Gasteiger partial charge in [-0.05, 0) is 19.1 Å². The van der Waals surface area contributed by atoms with Crippen LogP contribution in [0.5, 0.6) is 0 Å². The summed E-state index contributed by atoms with van der Waals surface area (Å²) in [6.45, 7) is 1.82. The number of hydrogen-bond acceptors (Lipinski definition) is 3. The summed E-state index contributed by atoms with van der Waals surface area (Å²) in [7, 11) is 0. The molecule has 0 saturated carbocycles. The summed E-state index contributed by atoms with van der Waals surface area (Å²) in [4.78, 5) is 0. The van der Waals surface area contributed by atoms with Crippen molar-refractivity contribution >= 4 is 0 Å². The van der Waals surface area contributed by atoms with Crippen LogP contribution in [0.3, 0.4) is 0 Å². The van der Waals surface area contributed by atoms with E-state index in [0.717, 1.165) is 0 Å². The largest absolute Gasteiger partial charge is 0.508 e. The lowest BCUT2D eigenvalue weighted by molar-refractivity contribution is 0.405. The predicted octanol–water partition coefficient (Wildman–Crippen LogP) is 0.0428. The second-order valence-electron chi connectivity index (χ2n) is 2.82. The van der Waals surface area contributed by atoms with Crippen LogP contribution in [0.4, 0.5) is 0 Å². The van der Waals surface area contributed by atoms with E-state index >= 15 is 0 Å². The number of nitrogens with two attached hydrogens (primary N) is 2. The van der Waals surface area contributed by atoms with Crippen LogP contribution in [0.15, 0.2) is 24.0 Å². The molecule has 0 heterocycles. The quantitative estimate of drug-likeness (QED) is 0.445. The first-order chi connectivity index (χ1) is 4.52. The van der Waals surface area contributed by atoms with Gasteiger partial charge < -0.3 is 16.6 Å². The summed E-state index contributed by atoms with van der Waals surface area (Å²) in [5.41, 5.74) is 10.8. The fraction of sp³-hybridized carbons (Fsp3) is 0.429. The third-order valence-electron chi connectivity index (χ3n) is 1.68. The Labute approximate surface area is 60.0 Å². The van der Waals surface area contributed by atoms with Crippen LogP contribution in [0.25, 0.3) is 0 Å². The van der Waals surface area contributed by atoms with Crippen molar-refractivity contribution in [2.24, 2.45) is 11.5 Å². The van der Waals surface area contributed by atoms with E-state index in [1.807, 2.05) is 6.92 Å². The SMILES string of the molecule is CC1(N)C=CC(O)=CC1N. The molecule has 0 aromatic heterocycles. The summed E-state index contributed by atoms with van der Waals surface area (Å²) in [5.74, 6) is 0.190. The summed E-state index contributed by atoms with van der Waals surface area (Å²) in [6, 6.07) is -0.294. The molecule has 0 radical (unpaired) electrons. The van der Waals surface area contributed by atoms with Crippen LogP contribution >= 0.6 is 0 Å². The van der Waals surface area contributed by atoms with Gasteiger partial charge in [0.15, 0.2) is 0 Å². The van der Waals surface area contributed by atoms with Crippen molar-refractivity contribution in [2.75, 3.05) is 0 Å². The van der Waals surface area contributed by atoms with Gasteiger partial charge in [0.1, 0.15) is 5.76 Å². The molecular weight excluding hydrogens is 128 g/mol. The molecule has 0 saturated heterocycles. The van der Waals surface area contributed by atoms with Gasteiger partial charge in [-0.3, -0.25) is 0 Å². The van der Waals surface area contributed by atoms with Gasteiger partial charge in [-0.2, -0.15) is 0 Å². The van der Waals surface area contributed by atoms with Crippen molar-refractivity contribution in [3.63, 3.8) is 0 Å². The highest BCUT2D eigenvalue weighted by molar-refractivity contribution is 5.28. The van der Waals surface area contributed by atoms with Gasteiger partial charge in [-0.1, -0.05) is 6.08 Å². The zero-order valence-electron chi connectivity index (χ0n) is 5.91. The van der Waals surface area contributed by atoms with E-state index < -0.39 is 5.54 Å². The first-order valence-corrected chi connectivity index (χ1v) is 3.17. The maximum atomic E-state index is 8.95. The van der Waals surface area contributed by atoms with Crippen molar-refractivity contribution in [2.45, 2.75) is 18.5 Å². The monoisotopic (exact) mass is 140 g/mol. The fourth-order valence-corrected chi connectivity index (χ4v) is 0.795. The number of rotatable bonds is 0. The van der Waals surface area contributed by atoms with Crippen molar-refractivity contribution in [3.8, 4) is 0 Å². The second-order valence-corrected chi connectivity index (χ2v) is 2.82. The number of aliphatic hydroxyl groups excluding tert-OH is 1. The van der Waals surface area contributed by atoms with E-state index in [-0.39, 0.29) is 11.8 Å². The third-order valence-corrected chi connectivity index (χ3v) is 1.68. The maximum absolute atomic E-state index is 8.95. The lowest BCUT2D eigenvalue weighted by Gasteiger charge is -2.28. The van der Waals surface area contributed by atoms with Crippen molar-refractivity contribution in [1.29, 1.82) is 0 Å². The number of allylic oxidation sites excluding steroid dienone is 1. The highest BCUT2D eigenvalue weighted by atomic mass is 16.3. The van der Waals surface area contributed by atoms with Crippen molar-refractivity contribution in [3.05, 3.63) is 24.0 Å². The molecule has 0 bridgehead atoms. The fourth-order valence-electron chi connectivity index (χ4n) is 0.795. The van der Waals surface area contributed by atoms with Crippen molar-refractivity contribution < 1.29 is 5.11 Å². The van der Waals surface area contributed by atoms with E-state index in [9.17, 15) is 0 Å². The Bertz CT molecular complexity index is 194. The molecule has 0 aromatic rings. The van der Waals surface area contributed by atoms with Crippen LogP contribution in [0.2, 0.25) is 0 Å². The molecular formula is C7H12N2O. The maximum Gasteiger partial charge on any atom is 0.112 e. The topological polar surface area (TPSA) is 72.3 Å². The Morgan fingerprint density at radius 3 is 2.70 bits per heavy atom. The highest BCUT2D eigenvalue weighted by Gasteiger charge is 2.25. The molecule has 2 atom stereocenters. The molecule has 1 aliphatic rings. The Morgan fingerprint density at radius 1 is 1.70 bits per heavy atom. The smallest absolute Gasteiger partial charge is 0.112 e. The van der Waals surface area contributed by atoms with Gasteiger partial charge in [0.25, 0.3) is 0 Å². The molecule has 3 nitrogen and oxygen atoms in total. The van der Waals surface area contributed by atoms with Crippen LogP contribution in [0.1, 0.15) is 6.92 Å². The van der Waals surface area contributed by atoms with E-state index in [4.69, 9.17) is 16.6 Å². The minimum atomic E-state index is -0.522. The summed E-state index contributed by atoms with van der Waals surface area (Å²) in [6.07, 6.45) is 4.80. The molecule has 56 valence electrons. The van der Waals surface area contributed by atoms with E-state index in [1.54, 1.807) is 18.2 Å². The average molecular weight is 140 g/mol. The van der Waals surface area contributed by atoms with Crippen LogP contribution in [0, 0.1) is 0 Å². The third kappa shape index (κ3) is 1.20. The Hall–Kier alpha value is -0.800. The molecule has 1 rings (SSSR count). The summed E-state index contributed by atoms with van der Waals surface area (Å²) < 4.78 is 0. The van der Waals surface area contributed by atoms with Gasteiger partial charge >= 0.3 is 0 Å². The van der Waals surface area contributed by atoms with E-state index in [0.29, 0.717) is 0 Å². The van der Waals surface area contributed by atoms with Crippen LogP contribution in [-0.4, -0.2) is 16.7 Å². The van der Waals surface area contributed by atoms with E-state index in [1.165, 1.54) is 0 Å².